The van der Waals surface area contributed by atoms with Crippen LogP contribution in [0.1, 0.15) is 37.3 Å². The van der Waals surface area contributed by atoms with E-state index in [1.54, 1.807) is 0 Å². The third-order valence-corrected chi connectivity index (χ3v) is 4.62. The van der Waals surface area contributed by atoms with Gasteiger partial charge in [0.2, 0.25) is 5.91 Å². The van der Waals surface area contributed by atoms with E-state index >= 15 is 0 Å². The monoisotopic (exact) mass is 318 g/mol. The van der Waals surface area contributed by atoms with Gasteiger partial charge in [-0.1, -0.05) is 31.2 Å². The summed E-state index contributed by atoms with van der Waals surface area (Å²) in [6, 6.07) is 8.59. The molecule has 0 bridgehead atoms. The van der Waals surface area contributed by atoms with Crippen molar-refractivity contribution < 1.29 is 14.7 Å². The van der Waals surface area contributed by atoms with E-state index in [0.29, 0.717) is 6.42 Å². The van der Waals surface area contributed by atoms with E-state index in [9.17, 15) is 9.59 Å². The zero-order valence-corrected chi connectivity index (χ0v) is 13.9. The first-order valence-corrected chi connectivity index (χ1v) is 8.29. The van der Waals surface area contributed by atoms with Gasteiger partial charge in [0.05, 0.1) is 6.54 Å². The van der Waals surface area contributed by atoms with Gasteiger partial charge in [0.1, 0.15) is 0 Å². The first-order valence-electron chi connectivity index (χ1n) is 8.29. The van der Waals surface area contributed by atoms with Gasteiger partial charge in [0, 0.05) is 18.5 Å². The van der Waals surface area contributed by atoms with Gasteiger partial charge in [-0.2, -0.15) is 0 Å². The Kier molecular flexibility index (Phi) is 6.16. The summed E-state index contributed by atoms with van der Waals surface area (Å²) in [4.78, 5) is 24.8. The number of aryl methyl sites for hydroxylation is 2. The second-order valence-electron chi connectivity index (χ2n) is 6.27. The molecule has 0 heterocycles. The Labute approximate surface area is 137 Å². The number of hydrogen-bond acceptors (Lipinski definition) is 3. The van der Waals surface area contributed by atoms with Crippen molar-refractivity contribution in [1.82, 2.24) is 10.2 Å². The van der Waals surface area contributed by atoms with Crippen molar-refractivity contribution in [2.75, 3.05) is 13.1 Å². The molecule has 1 aromatic carbocycles. The highest BCUT2D eigenvalue weighted by Gasteiger charge is 2.34. The molecule has 1 aromatic rings. The van der Waals surface area contributed by atoms with Crippen molar-refractivity contribution in [3.05, 3.63) is 35.4 Å². The Morgan fingerprint density at radius 3 is 2.61 bits per heavy atom. The Bertz CT molecular complexity index is 553. The molecule has 0 unspecified atom stereocenters. The topological polar surface area (TPSA) is 69.6 Å². The van der Waals surface area contributed by atoms with Crippen LogP contribution in [0.15, 0.2) is 24.3 Å². The normalized spacial score (nSPS) is 20.1. The summed E-state index contributed by atoms with van der Waals surface area (Å²) in [7, 11) is 0. The Morgan fingerprint density at radius 1 is 1.30 bits per heavy atom. The summed E-state index contributed by atoms with van der Waals surface area (Å²) in [5, 5.41) is 11.9. The van der Waals surface area contributed by atoms with Gasteiger partial charge < -0.3 is 10.4 Å². The standard InChI is InChI=1S/C18H26N2O3/c1-3-20(12-18(22)23)16-10-15(11-16)19-17(21)9-8-14-7-5-4-6-13(14)2/h4-7,15-16H,3,8-12H2,1-2H3,(H,19,21)(H,22,23). The van der Waals surface area contributed by atoms with Crippen LogP contribution >= 0.6 is 0 Å². The Balaban J connectivity index is 1.70. The number of nitrogens with one attached hydrogen (secondary N) is 1. The maximum atomic E-state index is 12.0. The largest absolute Gasteiger partial charge is 0.480 e. The lowest BCUT2D eigenvalue weighted by Crippen LogP contribution is -2.54. The third-order valence-electron chi connectivity index (χ3n) is 4.62. The number of carboxylic acids is 1. The lowest BCUT2D eigenvalue weighted by atomic mass is 9.85. The number of aliphatic carboxylic acids is 1. The van der Waals surface area contributed by atoms with Crippen LogP contribution in [0.2, 0.25) is 0 Å². The highest BCUT2D eigenvalue weighted by molar-refractivity contribution is 5.76. The third kappa shape index (κ3) is 5.06. The van der Waals surface area contributed by atoms with E-state index < -0.39 is 5.97 Å². The smallest absolute Gasteiger partial charge is 0.317 e. The van der Waals surface area contributed by atoms with Gasteiger partial charge in [0.15, 0.2) is 0 Å². The van der Waals surface area contributed by atoms with Crippen molar-refractivity contribution in [3.63, 3.8) is 0 Å². The first kappa shape index (κ1) is 17.5. The lowest BCUT2D eigenvalue weighted by Gasteiger charge is -2.42. The summed E-state index contributed by atoms with van der Waals surface area (Å²) in [5.74, 6) is -0.712. The zero-order valence-electron chi connectivity index (χ0n) is 13.9. The molecule has 1 saturated carbocycles. The maximum Gasteiger partial charge on any atom is 0.317 e. The molecule has 1 amide bonds. The van der Waals surface area contributed by atoms with Crippen LogP contribution in [0.5, 0.6) is 0 Å². The molecule has 5 nitrogen and oxygen atoms in total. The molecule has 0 spiro atoms. The quantitative estimate of drug-likeness (QED) is 0.769. The number of likely N-dealkylation sites (N-methyl/N-ethyl adjacent to an activating group) is 1. The van der Waals surface area contributed by atoms with E-state index in [1.165, 1.54) is 11.1 Å². The highest BCUT2D eigenvalue weighted by atomic mass is 16.4. The van der Waals surface area contributed by atoms with Gasteiger partial charge in [-0.3, -0.25) is 14.5 Å². The molecule has 0 saturated heterocycles. The van der Waals surface area contributed by atoms with Gasteiger partial charge in [-0.05, 0) is 43.9 Å². The number of carboxylic acid groups (broad SMARTS) is 1. The van der Waals surface area contributed by atoms with Crippen molar-refractivity contribution in [1.29, 1.82) is 0 Å². The molecule has 5 heteroatoms. The van der Waals surface area contributed by atoms with Gasteiger partial charge in [-0.25, -0.2) is 0 Å². The molecule has 126 valence electrons. The van der Waals surface area contributed by atoms with Crippen LogP contribution in [0, 0.1) is 6.92 Å². The van der Waals surface area contributed by atoms with E-state index in [4.69, 9.17) is 5.11 Å². The minimum absolute atomic E-state index is 0.0785. The predicted molar refractivity (Wildman–Crippen MR) is 89.3 cm³/mol. The number of rotatable bonds is 8. The number of carbonyl (C=O) groups is 2. The molecular formula is C18H26N2O3. The molecule has 2 rings (SSSR count). The Hall–Kier alpha value is -1.88. The molecule has 2 N–H and O–H groups in total. The van der Waals surface area contributed by atoms with Gasteiger partial charge >= 0.3 is 5.97 Å². The second kappa shape index (κ2) is 8.11. The summed E-state index contributed by atoms with van der Waals surface area (Å²) in [6.07, 6.45) is 2.95. The lowest BCUT2D eigenvalue weighted by molar-refractivity contribution is -0.139. The number of carbonyl (C=O) groups excluding carboxylic acids is 1. The van der Waals surface area contributed by atoms with Crippen LogP contribution in [-0.4, -0.2) is 47.1 Å². The predicted octanol–water partition coefficient (Wildman–Crippen LogP) is 1.98. The minimum Gasteiger partial charge on any atom is -0.480 e. The fourth-order valence-electron chi connectivity index (χ4n) is 3.12. The molecule has 0 aliphatic heterocycles. The van der Waals surface area contributed by atoms with Crippen LogP contribution in [0.4, 0.5) is 0 Å². The van der Waals surface area contributed by atoms with Crippen LogP contribution in [-0.2, 0) is 16.0 Å². The molecule has 1 aliphatic rings. The minimum atomic E-state index is -0.794. The Morgan fingerprint density at radius 2 is 2.00 bits per heavy atom. The highest BCUT2D eigenvalue weighted by Crippen LogP contribution is 2.25. The maximum absolute atomic E-state index is 12.0. The average Bonchev–Trinajstić information content (AvgIpc) is 2.47. The van der Waals surface area contributed by atoms with Gasteiger partial charge in [-0.15, -0.1) is 0 Å². The SMILES string of the molecule is CCN(CC(=O)O)C1CC(NC(=O)CCc2ccccc2C)C1. The number of amides is 1. The van der Waals surface area contributed by atoms with Crippen molar-refractivity contribution in [3.8, 4) is 0 Å². The second-order valence-corrected chi connectivity index (χ2v) is 6.27. The van der Waals surface area contributed by atoms with Crippen molar-refractivity contribution in [2.24, 2.45) is 0 Å². The molecular weight excluding hydrogens is 292 g/mol. The molecule has 0 radical (unpaired) electrons. The van der Waals surface area contributed by atoms with Crippen molar-refractivity contribution >= 4 is 11.9 Å². The molecule has 0 atom stereocenters. The van der Waals surface area contributed by atoms with E-state index in [2.05, 4.69) is 24.4 Å². The fraction of sp³-hybridized carbons (Fsp3) is 0.556. The summed E-state index contributed by atoms with van der Waals surface area (Å²) in [5.41, 5.74) is 2.43. The number of nitrogens with zero attached hydrogens (tertiary/aromatic N) is 1. The number of benzene rings is 1. The van der Waals surface area contributed by atoms with E-state index in [0.717, 1.165) is 25.8 Å². The van der Waals surface area contributed by atoms with E-state index in [-0.39, 0.29) is 24.5 Å². The number of hydrogen-bond donors (Lipinski definition) is 2. The van der Waals surface area contributed by atoms with E-state index in [1.807, 2.05) is 24.0 Å². The molecule has 0 aromatic heterocycles. The average molecular weight is 318 g/mol. The fourth-order valence-corrected chi connectivity index (χ4v) is 3.12. The summed E-state index contributed by atoms with van der Waals surface area (Å²) >= 11 is 0. The van der Waals surface area contributed by atoms with Crippen LogP contribution in [0.25, 0.3) is 0 Å². The van der Waals surface area contributed by atoms with Crippen LogP contribution in [0.3, 0.4) is 0 Å². The molecule has 23 heavy (non-hydrogen) atoms. The van der Waals surface area contributed by atoms with Gasteiger partial charge in [0.25, 0.3) is 0 Å². The summed E-state index contributed by atoms with van der Waals surface area (Å²) < 4.78 is 0. The zero-order chi connectivity index (χ0) is 16.8. The molecule has 1 fully saturated rings. The first-order chi connectivity index (χ1) is 11.0. The molecule has 1 aliphatic carbocycles. The van der Waals surface area contributed by atoms with Crippen molar-refractivity contribution in [2.45, 2.75) is 51.6 Å². The van der Waals surface area contributed by atoms with Crippen LogP contribution < -0.4 is 5.32 Å². The summed E-state index contributed by atoms with van der Waals surface area (Å²) in [6.45, 7) is 4.84.